The number of alkyl halides is 12. The molecule has 21 heterocycles. The van der Waals surface area contributed by atoms with Crippen molar-refractivity contribution in [2.75, 3.05) is 154 Å². The van der Waals surface area contributed by atoms with Crippen molar-refractivity contribution in [2.45, 2.75) is 83.5 Å². The summed E-state index contributed by atoms with van der Waals surface area (Å²) in [5.74, 6) is 0.0544. The molecule has 0 spiro atoms. The van der Waals surface area contributed by atoms with Crippen LogP contribution >= 0.6 is 0 Å². The maximum atomic E-state index is 14.7. The van der Waals surface area contributed by atoms with E-state index in [1.54, 1.807) is 139 Å². The molecule has 16 aromatic rings. The molecule has 39 nitrogen and oxygen atoms in total. The van der Waals surface area contributed by atoms with Crippen LogP contribution in [0.2, 0.25) is 0 Å². The van der Waals surface area contributed by atoms with Gasteiger partial charge in [0.2, 0.25) is 26.0 Å². The normalized spacial score (nSPS) is 18.4. The fourth-order valence-electron chi connectivity index (χ4n) is 17.6. The molecule has 3 N–H and O–H groups in total. The van der Waals surface area contributed by atoms with Gasteiger partial charge in [-0.15, -0.1) is 0 Å². The summed E-state index contributed by atoms with van der Waals surface area (Å²) in [6.45, 7) is 12.1. The third-order valence-corrected chi connectivity index (χ3v) is 27.2. The fraction of sp³-hybridized carbons (Fsp3) is 0.379. The molecular formula is C95H101F12N31O8S3. The number of halogens is 12. The minimum Gasteiger partial charge on any atom is -0.373 e. The Labute approximate surface area is 845 Å². The van der Waals surface area contributed by atoms with Gasteiger partial charge in [0.25, 0.3) is 38.0 Å². The Kier molecular flexibility index (Phi) is 32.1. The van der Waals surface area contributed by atoms with Crippen molar-refractivity contribution in [1.29, 1.82) is 0 Å². The third kappa shape index (κ3) is 25.7. The van der Waals surface area contributed by atoms with Crippen LogP contribution in [-0.2, 0) is 44.0 Å². The molecule has 6 atom stereocenters. The minimum atomic E-state index is -3.63. The number of carbonyl (C=O) groups is 1. The number of H-pyrrole nitrogens is 1. The number of piperidine rings is 2. The van der Waals surface area contributed by atoms with Gasteiger partial charge in [0.05, 0.1) is 81.0 Å². The van der Waals surface area contributed by atoms with E-state index >= 15 is 0 Å². The number of hydrogen-bond donors (Lipinski definition) is 3. The van der Waals surface area contributed by atoms with E-state index in [9.17, 15) is 78.5 Å². The van der Waals surface area contributed by atoms with Crippen molar-refractivity contribution in [3.8, 4) is 57.6 Å². The standard InChI is InChI=1S/C20H22F4N6O2S.C20H24F2N6OS.C19H17F2N7O.C18H20F2N6O3S.C18H18F2N6O/c1-12-9-29(11-14(20(12,23)24)7-27-33(2,31)32)17-5-6-25-19(28-17)15-8-26-16-4-3-13(18(21)22)10-30(15)16;1-13-8-15(26-30(2,3)29)12-27(10-13)18-6-7-23-20(25-18)16-9-24-17-5-4-14(19(21)22)11-28(16)17;20-18(21)12-1-2-16-23-9-14(28(16)10-12)19-22-4-3-17(26-19)27-5-6-29-15(11-27)13-7-24-25-8-13;1-30(27,28)23-8-13-11-25(6-7-29-13)16-4-5-21-18(24-16)14-9-22-15-3-2-12(17(19)20)10-26(14)15;1-12(27)24-6-8-25(9-7-24)16-4-5-21-18(23-16)14-10-22-15-3-2-13(17(19)20)11-26(14)15/h3-6,8,10,12,14,18,27H,7,9,11H2,1-2H3;4-7,9,11,13,15,19H,8,10,12H2,1-3H3;1-4,7-10,15,18H,5-6,11H2,(H,24,25);2-5,9-10,13,17,23H,6-8,11H2,1H3;2-5,10-11,17H,6-9H2,1H3/t12-,14+;13-,15+;;13-;/m01.1./s1. The van der Waals surface area contributed by atoms with Crippen LogP contribution in [0.1, 0.15) is 98.8 Å². The van der Waals surface area contributed by atoms with Crippen LogP contribution in [0.5, 0.6) is 0 Å². The predicted octanol–water partition coefficient (Wildman–Crippen LogP) is 13.6. The lowest BCUT2D eigenvalue weighted by molar-refractivity contribution is -0.129. The number of piperazine rings is 1. The second-order valence-electron chi connectivity index (χ2n) is 36.2. The van der Waals surface area contributed by atoms with Crippen molar-refractivity contribution < 1.29 is 88.0 Å². The van der Waals surface area contributed by atoms with Gasteiger partial charge in [-0.25, -0.2) is 158 Å². The first kappa shape index (κ1) is 106. The van der Waals surface area contributed by atoms with Gasteiger partial charge in [-0.2, -0.15) is 5.10 Å². The Hall–Kier alpha value is -14.6. The Balaban J connectivity index is 0.000000127. The molecule has 0 radical (unpaired) electrons. The first-order valence-electron chi connectivity index (χ1n) is 46.7. The number of fused-ring (bicyclic) bond motifs is 5. The van der Waals surface area contributed by atoms with Crippen LogP contribution in [0.15, 0.2) is 201 Å². The van der Waals surface area contributed by atoms with Gasteiger partial charge in [-0.05, 0) is 103 Å². The highest BCUT2D eigenvalue weighted by Gasteiger charge is 2.50. The van der Waals surface area contributed by atoms with Crippen LogP contribution in [0.4, 0.5) is 81.8 Å². The van der Waals surface area contributed by atoms with Crippen LogP contribution in [-0.4, -0.2) is 287 Å². The number of ether oxygens (including phenoxy) is 2. The highest BCUT2D eigenvalue weighted by atomic mass is 32.2. The zero-order chi connectivity index (χ0) is 105. The number of imidazole rings is 5. The lowest BCUT2D eigenvalue weighted by atomic mass is 9.86. The molecule has 5 saturated heterocycles. The van der Waals surface area contributed by atoms with Crippen molar-refractivity contribution in [2.24, 2.45) is 22.1 Å². The maximum Gasteiger partial charge on any atom is 0.265 e. The Bertz CT molecular complexity index is 7800. The quantitative estimate of drug-likeness (QED) is 0.0501. The Morgan fingerprint density at radius 1 is 0.416 bits per heavy atom. The fourth-order valence-corrected chi connectivity index (χ4v) is 19.5. The van der Waals surface area contributed by atoms with E-state index in [0.29, 0.717) is 170 Å². The largest absolute Gasteiger partial charge is 0.373 e. The molecule has 16 aromatic heterocycles. The zero-order valence-corrected chi connectivity index (χ0v) is 83.3. The van der Waals surface area contributed by atoms with Crippen molar-refractivity contribution in [3.05, 3.63) is 230 Å². The molecule has 5 aliphatic rings. The average Bonchev–Trinajstić information content (AvgIpc) is 1.51. The van der Waals surface area contributed by atoms with Gasteiger partial charge in [0.1, 0.15) is 91.9 Å². The number of hydrogen-bond acceptors (Lipinski definition) is 30. The molecule has 5 fully saturated rings. The van der Waals surface area contributed by atoms with Crippen LogP contribution in [0, 0.1) is 17.8 Å². The molecule has 54 heteroatoms. The number of carbonyl (C=O) groups excluding carboxylic acids is 1. The molecule has 149 heavy (non-hydrogen) atoms. The smallest absolute Gasteiger partial charge is 0.265 e. The Morgan fingerprint density at radius 3 is 1.11 bits per heavy atom. The van der Waals surface area contributed by atoms with E-state index in [2.05, 4.69) is 120 Å². The summed E-state index contributed by atoms with van der Waals surface area (Å²) in [6.07, 6.45) is 18.9. The number of nitrogens with zero attached hydrogens (tertiary/aromatic N) is 28. The molecule has 1 unspecified atom stereocenters. The number of anilines is 5. The number of aromatic nitrogens is 22. The number of pyridine rings is 5. The lowest BCUT2D eigenvalue weighted by Crippen LogP contribution is -2.56. The van der Waals surface area contributed by atoms with E-state index in [1.165, 1.54) is 97.2 Å². The van der Waals surface area contributed by atoms with Gasteiger partial charge >= 0.3 is 0 Å². The molecule has 0 bridgehead atoms. The maximum absolute atomic E-state index is 14.7. The van der Waals surface area contributed by atoms with Crippen LogP contribution in [0.25, 0.3) is 85.8 Å². The average molecular weight is 2130 g/mol. The second kappa shape index (κ2) is 45.2. The number of rotatable bonds is 23. The summed E-state index contributed by atoms with van der Waals surface area (Å²) in [6, 6.07) is 23.1. The summed E-state index contributed by atoms with van der Waals surface area (Å²) >= 11 is 0. The van der Waals surface area contributed by atoms with E-state index in [4.69, 9.17) is 9.47 Å². The van der Waals surface area contributed by atoms with Gasteiger partial charge < -0.3 is 38.9 Å². The topological polar surface area (TPSA) is 421 Å². The van der Waals surface area contributed by atoms with Crippen LogP contribution < -0.4 is 33.9 Å². The van der Waals surface area contributed by atoms with E-state index < -0.39 is 86.2 Å². The monoisotopic (exact) mass is 2130 g/mol. The van der Waals surface area contributed by atoms with Crippen molar-refractivity contribution in [3.63, 3.8) is 0 Å². The molecule has 0 aliphatic carbocycles. The van der Waals surface area contributed by atoms with Crippen molar-refractivity contribution >= 4 is 93.0 Å². The molecule has 5 aliphatic heterocycles. The van der Waals surface area contributed by atoms with Crippen molar-refractivity contribution in [1.82, 2.24) is 121 Å². The minimum absolute atomic E-state index is 0.00150. The number of morpholine rings is 2. The molecular weight excluding hydrogens is 2030 g/mol. The zero-order valence-electron chi connectivity index (χ0n) is 80.9. The van der Waals surface area contributed by atoms with E-state index in [1.807, 2.05) is 23.2 Å². The van der Waals surface area contributed by atoms with E-state index in [0.717, 1.165) is 48.5 Å². The number of amides is 1. The predicted molar refractivity (Wildman–Crippen MR) is 529 cm³/mol. The van der Waals surface area contributed by atoms with E-state index in [-0.39, 0.29) is 77.4 Å². The van der Waals surface area contributed by atoms with Gasteiger partial charge in [-0.1, -0.05) is 13.8 Å². The van der Waals surface area contributed by atoms with Gasteiger partial charge in [0.15, 0.2) is 29.1 Å². The highest BCUT2D eigenvalue weighted by molar-refractivity contribution is 7.92. The summed E-state index contributed by atoms with van der Waals surface area (Å²) in [4.78, 5) is 88.9. The number of sulfonamides is 2. The molecule has 0 aromatic carbocycles. The summed E-state index contributed by atoms with van der Waals surface area (Å²) in [5.41, 5.74) is 5.56. The number of nitrogens with one attached hydrogen (secondary N) is 3. The first-order valence-corrected chi connectivity index (χ1v) is 52.9. The van der Waals surface area contributed by atoms with Gasteiger partial charge in [0, 0.05) is 228 Å². The molecule has 786 valence electrons. The lowest BCUT2D eigenvalue weighted by Gasteiger charge is -2.43. The highest BCUT2D eigenvalue weighted by Crippen LogP contribution is 2.41. The SMILES string of the molecule is CC(=O)N1CCN(c2ccnc(-c3cnc4ccc(C(F)F)cn34)n2)CC1.CS(=O)(=O)NC[C@@H]1CN(c2ccnc(-c3cnc4ccc(C(F)F)cn34)n2)CCO1.C[C@@H]1C[C@H](N=S(C)(C)=O)CN(c2ccnc(-c3cnc4ccc(C(F)F)cn34)n2)C1.C[C@H]1CN(c2ccnc(-c3cnc4ccc(C(F)F)cn34)n2)C[C@@H](CNS(C)(=O)=O)C1(F)F.FC(F)c1ccc2ncc(-c3nccc(N4CCOC(c5cn[nH]c5)C4)n3)n2c1. The molecule has 21 rings (SSSR count). The molecule has 0 saturated carbocycles. The summed E-state index contributed by atoms with van der Waals surface area (Å²) in [5, 5.41) is 6.78. The number of aromatic amines is 1. The third-order valence-electron chi connectivity index (χ3n) is 25.0. The Morgan fingerprint density at radius 2 is 0.765 bits per heavy atom. The van der Waals surface area contributed by atoms with Gasteiger partial charge in [-0.3, -0.25) is 36.1 Å². The first-order chi connectivity index (χ1) is 71.2. The van der Waals surface area contributed by atoms with Crippen LogP contribution in [0.3, 0.4) is 0 Å². The molecule has 1 amide bonds. The summed E-state index contributed by atoms with van der Waals surface area (Å²) in [7, 11) is -9.13. The summed E-state index contributed by atoms with van der Waals surface area (Å²) < 4.78 is 246. The second-order valence-corrected chi connectivity index (χ2v) is 42.5.